The Morgan fingerprint density at radius 2 is 0.778 bits per heavy atom. The van der Waals surface area contributed by atoms with E-state index in [2.05, 4.69) is 15.0 Å². The van der Waals surface area contributed by atoms with Crippen molar-refractivity contribution in [3.63, 3.8) is 0 Å². The van der Waals surface area contributed by atoms with E-state index in [1.807, 2.05) is 0 Å². The van der Waals surface area contributed by atoms with Crippen LogP contribution in [0.3, 0.4) is 0 Å². The van der Waals surface area contributed by atoms with Gasteiger partial charge in [0.25, 0.3) is 0 Å². The van der Waals surface area contributed by atoms with Gasteiger partial charge in [-0.25, -0.2) is 0 Å². The van der Waals surface area contributed by atoms with Crippen LogP contribution in [-0.2, 0) is 28.6 Å². The topological polar surface area (TPSA) is 127 Å². The molecule has 3 saturated heterocycles. The molecule has 0 saturated carbocycles. The lowest BCUT2D eigenvalue weighted by Crippen LogP contribution is -2.41. The van der Waals surface area contributed by atoms with E-state index in [9.17, 15) is 14.4 Å². The second-order valence-electron chi connectivity index (χ2n) is 8.03. The molecule has 0 atom stereocenters. The fraction of sp³-hybridized carbons (Fsp3) is 0.714. The summed E-state index contributed by atoms with van der Waals surface area (Å²) < 4.78 is 15.9. The summed E-state index contributed by atoms with van der Waals surface area (Å²) in [4.78, 5) is 56.4. The standard InChI is InChI=1S/C21H30N6O6S3/c28-16(25-1-7-31-8-2-25)13-34-19-22-20(35-14-17(29)26-3-9-32-10-4-26)24-21(23-19)36-15-18(30)27-5-11-33-12-6-27/h1-15H2. The van der Waals surface area contributed by atoms with Gasteiger partial charge in [0.05, 0.1) is 56.9 Å². The number of rotatable bonds is 9. The molecule has 0 aliphatic carbocycles. The molecule has 0 bridgehead atoms. The lowest BCUT2D eigenvalue weighted by molar-refractivity contribution is -0.133. The second kappa shape index (κ2) is 14.3. The van der Waals surface area contributed by atoms with Crippen molar-refractivity contribution in [1.29, 1.82) is 0 Å². The molecule has 0 aromatic carbocycles. The fourth-order valence-electron chi connectivity index (χ4n) is 3.61. The number of carbonyl (C=O) groups is 3. The molecule has 0 spiro atoms. The molecule has 4 heterocycles. The Labute approximate surface area is 222 Å². The maximum Gasteiger partial charge on any atom is 0.233 e. The third-order valence-electron chi connectivity index (χ3n) is 5.64. The van der Waals surface area contributed by atoms with Gasteiger partial charge in [-0.15, -0.1) is 0 Å². The monoisotopic (exact) mass is 558 g/mol. The highest BCUT2D eigenvalue weighted by Crippen LogP contribution is 2.24. The Hall–Kier alpha value is -1.65. The number of aromatic nitrogens is 3. The van der Waals surface area contributed by atoms with Gasteiger partial charge in [-0.3, -0.25) is 14.4 Å². The number of carbonyl (C=O) groups excluding carboxylic acids is 3. The minimum Gasteiger partial charge on any atom is -0.378 e. The van der Waals surface area contributed by atoms with Crippen LogP contribution in [0.2, 0.25) is 0 Å². The smallest absolute Gasteiger partial charge is 0.233 e. The quantitative estimate of drug-likeness (QED) is 0.370. The lowest BCUT2D eigenvalue weighted by Gasteiger charge is -2.27. The molecule has 36 heavy (non-hydrogen) atoms. The van der Waals surface area contributed by atoms with Crippen molar-refractivity contribution in [3.8, 4) is 0 Å². The van der Waals surface area contributed by atoms with Crippen molar-refractivity contribution in [1.82, 2.24) is 29.7 Å². The number of nitrogens with zero attached hydrogens (tertiary/aromatic N) is 6. The highest BCUT2D eigenvalue weighted by Gasteiger charge is 2.21. The molecule has 3 aliphatic rings. The lowest BCUT2D eigenvalue weighted by atomic mass is 10.4. The molecule has 3 amide bonds. The summed E-state index contributed by atoms with van der Waals surface area (Å²) in [5, 5.41) is 1.19. The number of thioether (sulfide) groups is 3. The number of morpholine rings is 3. The van der Waals surface area contributed by atoms with E-state index in [-0.39, 0.29) is 35.0 Å². The molecule has 1 aromatic rings. The molecule has 0 N–H and O–H groups in total. The van der Waals surface area contributed by atoms with Gasteiger partial charge in [0.1, 0.15) is 0 Å². The predicted molar refractivity (Wildman–Crippen MR) is 134 cm³/mol. The van der Waals surface area contributed by atoms with E-state index in [0.717, 1.165) is 0 Å². The van der Waals surface area contributed by atoms with Crippen LogP contribution in [0, 0.1) is 0 Å². The third-order valence-corrected chi connectivity index (χ3v) is 8.14. The molecule has 0 unspecified atom stereocenters. The van der Waals surface area contributed by atoms with Gasteiger partial charge in [0.15, 0.2) is 15.5 Å². The zero-order valence-electron chi connectivity index (χ0n) is 20.0. The largest absolute Gasteiger partial charge is 0.378 e. The van der Waals surface area contributed by atoms with Crippen LogP contribution in [0.5, 0.6) is 0 Å². The minimum atomic E-state index is -0.00268. The van der Waals surface area contributed by atoms with Crippen molar-refractivity contribution in [2.75, 3.05) is 96.2 Å². The van der Waals surface area contributed by atoms with Gasteiger partial charge in [-0.2, -0.15) is 15.0 Å². The van der Waals surface area contributed by atoms with Gasteiger partial charge in [-0.05, 0) is 0 Å². The number of amides is 3. The summed E-state index contributed by atoms with van der Waals surface area (Å²) in [5.41, 5.74) is 0. The molecule has 0 radical (unpaired) electrons. The van der Waals surface area contributed by atoms with Crippen LogP contribution in [0.15, 0.2) is 15.5 Å². The summed E-state index contributed by atoms with van der Waals surface area (Å²) in [6.07, 6.45) is 0. The normalized spacial score (nSPS) is 18.8. The molecule has 12 nitrogen and oxygen atoms in total. The second-order valence-corrected chi connectivity index (χ2v) is 10.9. The summed E-state index contributed by atoms with van der Waals surface area (Å²) >= 11 is 3.69. The number of ether oxygens (including phenoxy) is 3. The average molecular weight is 559 g/mol. The number of hydrogen-bond acceptors (Lipinski definition) is 12. The first-order chi connectivity index (χ1) is 17.6. The van der Waals surface area contributed by atoms with Gasteiger partial charge < -0.3 is 28.9 Å². The van der Waals surface area contributed by atoms with Gasteiger partial charge >= 0.3 is 0 Å². The van der Waals surface area contributed by atoms with E-state index in [0.29, 0.717) is 94.4 Å². The van der Waals surface area contributed by atoms with E-state index in [1.54, 1.807) is 14.7 Å². The molecule has 3 aliphatic heterocycles. The van der Waals surface area contributed by atoms with Crippen molar-refractivity contribution in [3.05, 3.63) is 0 Å². The van der Waals surface area contributed by atoms with Gasteiger partial charge in [0, 0.05) is 39.3 Å². The van der Waals surface area contributed by atoms with Crippen LogP contribution >= 0.6 is 35.3 Å². The Balaban J connectivity index is 1.38. The van der Waals surface area contributed by atoms with Crippen LogP contribution < -0.4 is 0 Å². The zero-order chi connectivity index (χ0) is 25.2. The Morgan fingerprint density at radius 1 is 0.528 bits per heavy atom. The minimum absolute atomic E-state index is 0.00268. The summed E-state index contributed by atoms with van der Waals surface area (Å²) in [5.74, 6) is 0.568. The van der Waals surface area contributed by atoms with E-state index >= 15 is 0 Å². The zero-order valence-corrected chi connectivity index (χ0v) is 22.4. The highest BCUT2D eigenvalue weighted by molar-refractivity contribution is 8.01. The molecule has 1 aromatic heterocycles. The summed E-state index contributed by atoms with van der Waals surface area (Å²) in [7, 11) is 0. The van der Waals surface area contributed by atoms with Crippen molar-refractivity contribution < 1.29 is 28.6 Å². The van der Waals surface area contributed by atoms with Crippen LogP contribution in [-0.4, -0.2) is 144 Å². The SMILES string of the molecule is O=C(CSc1nc(SCC(=O)N2CCOCC2)nc(SCC(=O)N2CCOCC2)n1)N1CCOCC1. The van der Waals surface area contributed by atoms with Crippen molar-refractivity contribution in [2.24, 2.45) is 0 Å². The third kappa shape index (κ3) is 8.45. The van der Waals surface area contributed by atoms with Crippen LogP contribution in [0.25, 0.3) is 0 Å². The number of hydrogen-bond donors (Lipinski definition) is 0. The molecular formula is C21H30N6O6S3. The average Bonchev–Trinajstić information content (AvgIpc) is 2.94. The van der Waals surface area contributed by atoms with Crippen LogP contribution in [0.4, 0.5) is 0 Å². The van der Waals surface area contributed by atoms with Crippen molar-refractivity contribution >= 4 is 53.0 Å². The molecular weight excluding hydrogens is 528 g/mol. The summed E-state index contributed by atoms with van der Waals surface area (Å²) in [6.45, 7) is 6.69. The first-order valence-corrected chi connectivity index (χ1v) is 14.8. The van der Waals surface area contributed by atoms with Crippen molar-refractivity contribution in [2.45, 2.75) is 15.5 Å². The summed E-state index contributed by atoms with van der Waals surface area (Å²) in [6, 6.07) is 0. The maximum atomic E-state index is 12.6. The van der Waals surface area contributed by atoms with E-state index < -0.39 is 0 Å². The van der Waals surface area contributed by atoms with Gasteiger partial charge in [0.2, 0.25) is 17.7 Å². The molecule has 15 heteroatoms. The van der Waals surface area contributed by atoms with E-state index in [4.69, 9.17) is 14.2 Å². The van der Waals surface area contributed by atoms with Gasteiger partial charge in [-0.1, -0.05) is 35.3 Å². The molecule has 198 valence electrons. The Morgan fingerprint density at radius 3 is 1.03 bits per heavy atom. The van der Waals surface area contributed by atoms with E-state index in [1.165, 1.54) is 35.3 Å². The maximum absolute atomic E-state index is 12.6. The Kier molecular flexibility index (Phi) is 10.9. The first kappa shape index (κ1) is 27.4. The molecule has 4 rings (SSSR count). The first-order valence-electron chi connectivity index (χ1n) is 11.8. The predicted octanol–water partition coefficient (Wildman–Crippen LogP) is -0.276. The Bertz CT molecular complexity index is 784. The van der Waals surface area contributed by atoms with Crippen LogP contribution in [0.1, 0.15) is 0 Å². The molecule has 3 fully saturated rings. The fourth-order valence-corrected chi connectivity index (χ4v) is 5.99. The highest BCUT2D eigenvalue weighted by atomic mass is 32.2.